The summed E-state index contributed by atoms with van der Waals surface area (Å²) in [6.07, 6.45) is 2.17. The summed E-state index contributed by atoms with van der Waals surface area (Å²) in [4.78, 5) is 15.7. The third-order valence-electron chi connectivity index (χ3n) is 2.35. The van der Waals surface area contributed by atoms with E-state index in [9.17, 15) is 4.79 Å². The quantitative estimate of drug-likeness (QED) is 0.879. The monoisotopic (exact) mass is 300 g/mol. The van der Waals surface area contributed by atoms with Crippen molar-refractivity contribution in [3.63, 3.8) is 0 Å². The van der Waals surface area contributed by atoms with Crippen molar-refractivity contribution in [3.05, 3.63) is 50.4 Å². The summed E-state index contributed by atoms with van der Waals surface area (Å²) in [6, 6.07) is 3.50. The molecule has 2 aromatic heterocycles. The van der Waals surface area contributed by atoms with Gasteiger partial charge in [-0.1, -0.05) is 23.2 Å². The van der Waals surface area contributed by atoms with Gasteiger partial charge >= 0.3 is 0 Å². The number of amides is 1. The fourth-order valence-electron chi connectivity index (χ4n) is 1.44. The van der Waals surface area contributed by atoms with Gasteiger partial charge in [0.2, 0.25) is 0 Å². The molecule has 2 heterocycles. The second kappa shape index (κ2) is 6.18. The van der Waals surface area contributed by atoms with Crippen molar-refractivity contribution in [2.45, 2.75) is 6.42 Å². The Morgan fingerprint density at radius 1 is 1.44 bits per heavy atom. The number of pyridine rings is 1. The molecule has 1 N–H and O–H groups in total. The molecule has 0 aliphatic rings. The van der Waals surface area contributed by atoms with Crippen molar-refractivity contribution in [1.29, 1.82) is 0 Å². The van der Waals surface area contributed by atoms with E-state index in [0.717, 1.165) is 6.42 Å². The molecule has 94 valence electrons. The number of carbonyl (C=O) groups is 1. The van der Waals surface area contributed by atoms with Crippen LogP contribution in [0.25, 0.3) is 0 Å². The second-order valence-corrected chi connectivity index (χ2v) is 5.20. The highest BCUT2D eigenvalue weighted by molar-refractivity contribution is 7.07. The molecule has 0 aliphatic carbocycles. The minimum atomic E-state index is -0.237. The van der Waals surface area contributed by atoms with E-state index in [0.29, 0.717) is 17.1 Å². The van der Waals surface area contributed by atoms with Crippen LogP contribution in [0, 0.1) is 0 Å². The molecule has 0 unspecified atom stereocenters. The van der Waals surface area contributed by atoms with Crippen LogP contribution in [0.1, 0.15) is 15.9 Å². The molecule has 3 nitrogen and oxygen atoms in total. The standard InChI is InChI=1S/C12H10Cl2N2OS/c13-10-6-16-11(14)5-9(10)12(17)15-3-1-8-2-4-18-7-8/h2,4-7H,1,3H2,(H,15,17). The Labute approximate surface area is 119 Å². The van der Waals surface area contributed by atoms with E-state index in [4.69, 9.17) is 23.2 Å². The minimum absolute atomic E-state index is 0.237. The van der Waals surface area contributed by atoms with Crippen LogP contribution in [0.15, 0.2) is 29.1 Å². The van der Waals surface area contributed by atoms with Crippen molar-refractivity contribution in [2.24, 2.45) is 0 Å². The van der Waals surface area contributed by atoms with Crippen molar-refractivity contribution in [1.82, 2.24) is 10.3 Å². The van der Waals surface area contributed by atoms with Gasteiger partial charge in [0.1, 0.15) is 5.15 Å². The molecule has 0 bridgehead atoms. The molecule has 18 heavy (non-hydrogen) atoms. The Morgan fingerprint density at radius 2 is 2.28 bits per heavy atom. The average Bonchev–Trinajstić information content (AvgIpc) is 2.85. The topological polar surface area (TPSA) is 42.0 Å². The van der Waals surface area contributed by atoms with Crippen LogP contribution in [0.4, 0.5) is 0 Å². The van der Waals surface area contributed by atoms with Gasteiger partial charge in [0.15, 0.2) is 0 Å². The lowest BCUT2D eigenvalue weighted by Gasteiger charge is -2.06. The van der Waals surface area contributed by atoms with Gasteiger partial charge in [0.25, 0.3) is 5.91 Å². The maximum Gasteiger partial charge on any atom is 0.252 e. The zero-order valence-electron chi connectivity index (χ0n) is 9.32. The fourth-order valence-corrected chi connectivity index (χ4v) is 2.49. The first-order chi connectivity index (χ1) is 8.66. The summed E-state index contributed by atoms with van der Waals surface area (Å²) in [6.45, 7) is 0.561. The molecule has 2 aromatic rings. The Hall–Kier alpha value is -1.10. The van der Waals surface area contributed by atoms with Crippen LogP contribution in [-0.2, 0) is 6.42 Å². The molecule has 1 amide bonds. The Kier molecular flexibility index (Phi) is 4.58. The molecular formula is C12H10Cl2N2OS. The lowest BCUT2D eigenvalue weighted by Crippen LogP contribution is -2.26. The van der Waals surface area contributed by atoms with Gasteiger partial charge in [0.05, 0.1) is 10.6 Å². The first-order valence-corrected chi connectivity index (χ1v) is 6.97. The van der Waals surface area contributed by atoms with Gasteiger partial charge in [-0.05, 0) is 34.9 Å². The second-order valence-electron chi connectivity index (χ2n) is 3.62. The molecule has 0 spiro atoms. The summed E-state index contributed by atoms with van der Waals surface area (Å²) in [5, 5.41) is 7.42. The molecule has 0 radical (unpaired) electrons. The maximum absolute atomic E-state index is 11.9. The highest BCUT2D eigenvalue weighted by Crippen LogP contribution is 2.17. The number of carbonyl (C=O) groups excluding carboxylic acids is 1. The largest absolute Gasteiger partial charge is 0.352 e. The number of hydrogen-bond donors (Lipinski definition) is 1. The molecule has 0 aliphatic heterocycles. The van der Waals surface area contributed by atoms with E-state index in [-0.39, 0.29) is 11.1 Å². The van der Waals surface area contributed by atoms with E-state index < -0.39 is 0 Å². The molecule has 0 fully saturated rings. The van der Waals surface area contributed by atoms with Crippen LogP contribution in [0.2, 0.25) is 10.2 Å². The highest BCUT2D eigenvalue weighted by Gasteiger charge is 2.11. The van der Waals surface area contributed by atoms with Crippen LogP contribution in [0.5, 0.6) is 0 Å². The number of halogens is 2. The Morgan fingerprint density at radius 3 is 3.00 bits per heavy atom. The van der Waals surface area contributed by atoms with Crippen molar-refractivity contribution in [2.75, 3.05) is 6.54 Å². The lowest BCUT2D eigenvalue weighted by atomic mass is 10.2. The van der Waals surface area contributed by atoms with Gasteiger partial charge in [-0.2, -0.15) is 11.3 Å². The normalized spacial score (nSPS) is 10.3. The van der Waals surface area contributed by atoms with Gasteiger partial charge in [-0.25, -0.2) is 4.98 Å². The minimum Gasteiger partial charge on any atom is -0.352 e. The van der Waals surface area contributed by atoms with Crippen molar-refractivity contribution < 1.29 is 4.79 Å². The summed E-state index contributed by atoms with van der Waals surface area (Å²) in [5.74, 6) is -0.237. The van der Waals surface area contributed by atoms with Gasteiger partial charge < -0.3 is 5.32 Å². The SMILES string of the molecule is O=C(NCCc1ccsc1)c1cc(Cl)ncc1Cl. The zero-order chi connectivity index (χ0) is 13.0. The van der Waals surface area contributed by atoms with Crippen molar-refractivity contribution >= 4 is 40.4 Å². The third kappa shape index (κ3) is 3.45. The van der Waals surface area contributed by atoms with E-state index in [2.05, 4.69) is 15.7 Å². The predicted molar refractivity (Wildman–Crippen MR) is 74.6 cm³/mol. The summed E-state index contributed by atoms with van der Waals surface area (Å²) < 4.78 is 0. The third-order valence-corrected chi connectivity index (χ3v) is 3.59. The van der Waals surface area contributed by atoms with Gasteiger partial charge in [-0.15, -0.1) is 0 Å². The van der Waals surface area contributed by atoms with Crippen LogP contribution < -0.4 is 5.32 Å². The number of aromatic nitrogens is 1. The van der Waals surface area contributed by atoms with Gasteiger partial charge in [0, 0.05) is 12.7 Å². The van der Waals surface area contributed by atoms with E-state index in [1.807, 2.05) is 11.4 Å². The smallest absolute Gasteiger partial charge is 0.252 e. The lowest BCUT2D eigenvalue weighted by molar-refractivity contribution is 0.0954. The Bertz CT molecular complexity index is 543. The first-order valence-electron chi connectivity index (χ1n) is 5.27. The van der Waals surface area contributed by atoms with Crippen LogP contribution >= 0.6 is 34.5 Å². The average molecular weight is 301 g/mol. The summed E-state index contributed by atoms with van der Waals surface area (Å²) >= 11 is 13.3. The van der Waals surface area contributed by atoms with Gasteiger partial charge in [-0.3, -0.25) is 4.79 Å². The number of thiophene rings is 1. The first kappa shape index (κ1) is 13.3. The number of hydrogen-bond acceptors (Lipinski definition) is 3. The highest BCUT2D eigenvalue weighted by atomic mass is 35.5. The molecule has 0 atom stereocenters. The molecular weight excluding hydrogens is 291 g/mol. The molecule has 6 heteroatoms. The Balaban J connectivity index is 1.93. The number of rotatable bonds is 4. The number of nitrogens with one attached hydrogen (secondary N) is 1. The predicted octanol–water partition coefficient (Wildman–Crippen LogP) is 3.42. The maximum atomic E-state index is 11.9. The van der Waals surface area contributed by atoms with E-state index in [1.165, 1.54) is 17.8 Å². The summed E-state index contributed by atoms with van der Waals surface area (Å²) in [5.41, 5.74) is 1.56. The molecule has 0 aromatic carbocycles. The summed E-state index contributed by atoms with van der Waals surface area (Å²) in [7, 11) is 0. The molecule has 0 saturated carbocycles. The number of nitrogens with zero attached hydrogens (tertiary/aromatic N) is 1. The van der Waals surface area contributed by atoms with Crippen LogP contribution in [-0.4, -0.2) is 17.4 Å². The zero-order valence-corrected chi connectivity index (χ0v) is 11.6. The van der Waals surface area contributed by atoms with E-state index >= 15 is 0 Å². The van der Waals surface area contributed by atoms with Crippen molar-refractivity contribution in [3.8, 4) is 0 Å². The fraction of sp³-hybridized carbons (Fsp3) is 0.167. The molecule has 2 rings (SSSR count). The molecule has 0 saturated heterocycles. The van der Waals surface area contributed by atoms with Crippen LogP contribution in [0.3, 0.4) is 0 Å². The van der Waals surface area contributed by atoms with E-state index in [1.54, 1.807) is 11.3 Å².